The molecule has 0 spiro atoms. The number of halogens is 1. The average Bonchev–Trinajstić information content (AvgIpc) is 2.80. The number of hydrogen-bond acceptors (Lipinski definition) is 3. The molecule has 0 saturated heterocycles. The second-order valence-electron chi connectivity index (χ2n) is 4.84. The first kappa shape index (κ1) is 17.0. The highest BCUT2D eigenvalue weighted by Gasteiger charge is 2.13. The van der Waals surface area contributed by atoms with E-state index in [4.69, 9.17) is 10.5 Å². The SMILES string of the molecule is CCCCC(CC)Cc1cc(Br)sc1C=C(C#N)C#N. The van der Waals surface area contributed by atoms with Crippen LogP contribution in [0.1, 0.15) is 50.0 Å². The molecular formula is C16H19BrN2S. The van der Waals surface area contributed by atoms with Crippen LogP contribution in [0.4, 0.5) is 0 Å². The molecule has 1 unspecified atom stereocenters. The normalized spacial score (nSPS) is 11.4. The van der Waals surface area contributed by atoms with Crippen molar-refractivity contribution in [2.24, 2.45) is 5.92 Å². The van der Waals surface area contributed by atoms with Crippen LogP contribution in [0.2, 0.25) is 0 Å². The standard InChI is InChI=1S/C16H19BrN2S/c1-3-5-6-12(4-2)7-14-9-16(17)20-15(14)8-13(10-18)11-19/h8-9,12H,3-7H2,1-2H3. The van der Waals surface area contributed by atoms with Crippen LogP contribution >= 0.6 is 27.3 Å². The summed E-state index contributed by atoms with van der Waals surface area (Å²) in [5.41, 5.74) is 1.41. The maximum absolute atomic E-state index is 8.88. The van der Waals surface area contributed by atoms with E-state index in [1.165, 1.54) is 31.2 Å². The molecule has 0 aliphatic carbocycles. The quantitative estimate of drug-likeness (QED) is 0.592. The zero-order chi connectivity index (χ0) is 15.0. The first-order valence-electron chi connectivity index (χ1n) is 6.94. The fourth-order valence-corrected chi connectivity index (χ4v) is 3.83. The summed E-state index contributed by atoms with van der Waals surface area (Å²) in [6, 6.07) is 5.98. The Morgan fingerprint density at radius 3 is 2.65 bits per heavy atom. The molecule has 0 bridgehead atoms. The van der Waals surface area contributed by atoms with Crippen LogP contribution in [-0.4, -0.2) is 0 Å². The van der Waals surface area contributed by atoms with E-state index < -0.39 is 0 Å². The van der Waals surface area contributed by atoms with Gasteiger partial charge >= 0.3 is 0 Å². The summed E-state index contributed by atoms with van der Waals surface area (Å²) in [7, 11) is 0. The van der Waals surface area contributed by atoms with Crippen molar-refractivity contribution in [1.29, 1.82) is 10.5 Å². The minimum Gasteiger partial charge on any atom is -0.192 e. The van der Waals surface area contributed by atoms with E-state index in [1.807, 2.05) is 12.1 Å². The van der Waals surface area contributed by atoms with Gasteiger partial charge in [-0.2, -0.15) is 10.5 Å². The van der Waals surface area contributed by atoms with Gasteiger partial charge in [-0.25, -0.2) is 0 Å². The Morgan fingerprint density at radius 2 is 2.10 bits per heavy atom. The highest BCUT2D eigenvalue weighted by Crippen LogP contribution is 2.32. The maximum Gasteiger partial charge on any atom is 0.131 e. The molecule has 20 heavy (non-hydrogen) atoms. The van der Waals surface area contributed by atoms with Gasteiger partial charge in [0.25, 0.3) is 0 Å². The summed E-state index contributed by atoms with van der Waals surface area (Å²) in [5.74, 6) is 0.677. The molecule has 0 amide bonds. The molecule has 1 atom stereocenters. The molecule has 1 aromatic heterocycles. The summed E-state index contributed by atoms with van der Waals surface area (Å²) in [6.45, 7) is 4.45. The van der Waals surface area contributed by atoms with E-state index in [9.17, 15) is 0 Å². The minimum atomic E-state index is 0.169. The molecule has 0 saturated carbocycles. The van der Waals surface area contributed by atoms with Gasteiger partial charge in [0.15, 0.2) is 0 Å². The van der Waals surface area contributed by atoms with Gasteiger partial charge in [0.1, 0.15) is 17.7 Å². The molecule has 0 aliphatic heterocycles. The Bertz CT molecular complexity index is 530. The topological polar surface area (TPSA) is 47.6 Å². The van der Waals surface area contributed by atoms with E-state index in [2.05, 4.69) is 35.8 Å². The highest BCUT2D eigenvalue weighted by molar-refractivity contribution is 9.11. The van der Waals surface area contributed by atoms with Gasteiger partial charge in [0.2, 0.25) is 0 Å². The third kappa shape index (κ3) is 5.12. The first-order valence-corrected chi connectivity index (χ1v) is 8.55. The molecule has 4 heteroatoms. The molecule has 0 aromatic carbocycles. The van der Waals surface area contributed by atoms with Gasteiger partial charge in [-0.1, -0.05) is 39.5 Å². The number of allylic oxidation sites excluding steroid dienone is 1. The summed E-state index contributed by atoms with van der Waals surface area (Å²) in [5, 5.41) is 17.8. The second-order valence-corrected chi connectivity index (χ2v) is 7.31. The predicted molar refractivity (Wildman–Crippen MR) is 88.2 cm³/mol. The van der Waals surface area contributed by atoms with Gasteiger partial charge in [0.05, 0.1) is 3.79 Å². The molecule has 1 rings (SSSR count). The van der Waals surface area contributed by atoms with Crippen LogP contribution in [0.25, 0.3) is 6.08 Å². The largest absolute Gasteiger partial charge is 0.192 e. The summed E-state index contributed by atoms with van der Waals surface area (Å²) in [6.07, 6.45) is 7.62. The van der Waals surface area contributed by atoms with Crippen molar-refractivity contribution >= 4 is 33.3 Å². The number of nitriles is 2. The van der Waals surface area contributed by atoms with Gasteiger partial charge in [-0.05, 0) is 46.0 Å². The molecular weight excluding hydrogens is 332 g/mol. The summed E-state index contributed by atoms with van der Waals surface area (Å²) in [4.78, 5) is 1.03. The fraction of sp³-hybridized carbons (Fsp3) is 0.500. The van der Waals surface area contributed by atoms with E-state index in [-0.39, 0.29) is 5.57 Å². The van der Waals surface area contributed by atoms with Crippen LogP contribution in [0.15, 0.2) is 15.4 Å². The van der Waals surface area contributed by atoms with Crippen LogP contribution in [0, 0.1) is 28.6 Å². The Labute approximate surface area is 133 Å². The third-order valence-electron chi connectivity index (χ3n) is 3.38. The zero-order valence-corrected chi connectivity index (χ0v) is 14.4. The molecule has 0 fully saturated rings. The lowest BCUT2D eigenvalue weighted by atomic mass is 9.92. The van der Waals surface area contributed by atoms with Crippen LogP contribution in [-0.2, 0) is 6.42 Å². The summed E-state index contributed by atoms with van der Waals surface area (Å²) >= 11 is 5.09. The number of unbranched alkanes of at least 4 members (excludes halogenated alkanes) is 1. The van der Waals surface area contributed by atoms with Crippen molar-refractivity contribution in [3.63, 3.8) is 0 Å². The lowest BCUT2D eigenvalue weighted by Gasteiger charge is -2.14. The van der Waals surface area contributed by atoms with Crippen molar-refractivity contribution in [1.82, 2.24) is 0 Å². The number of hydrogen-bond donors (Lipinski definition) is 0. The van der Waals surface area contributed by atoms with Gasteiger partial charge in [-0.3, -0.25) is 0 Å². The molecule has 0 N–H and O–H groups in total. The van der Waals surface area contributed by atoms with Crippen LogP contribution < -0.4 is 0 Å². The van der Waals surface area contributed by atoms with Crippen LogP contribution in [0.5, 0.6) is 0 Å². The van der Waals surface area contributed by atoms with Crippen molar-refractivity contribution in [3.8, 4) is 12.1 Å². The van der Waals surface area contributed by atoms with Gasteiger partial charge in [0, 0.05) is 4.88 Å². The third-order valence-corrected chi connectivity index (χ3v) is 5.01. The predicted octanol–water partition coefficient (Wildman–Crippen LogP) is 5.70. The van der Waals surface area contributed by atoms with Gasteiger partial charge < -0.3 is 0 Å². The highest BCUT2D eigenvalue weighted by atomic mass is 79.9. The molecule has 106 valence electrons. The molecule has 1 aromatic rings. The Hall–Kier alpha value is -1.10. The fourth-order valence-electron chi connectivity index (χ4n) is 2.16. The number of rotatable bonds is 7. The summed E-state index contributed by atoms with van der Waals surface area (Å²) < 4.78 is 1.05. The minimum absolute atomic E-state index is 0.169. The van der Waals surface area contributed by atoms with Crippen molar-refractivity contribution in [3.05, 3.63) is 25.9 Å². The first-order chi connectivity index (χ1) is 9.64. The molecule has 2 nitrogen and oxygen atoms in total. The number of thiophene rings is 1. The maximum atomic E-state index is 8.88. The number of nitrogens with zero attached hydrogens (tertiary/aromatic N) is 2. The molecule has 0 radical (unpaired) electrons. The second kappa shape index (κ2) is 8.95. The Morgan fingerprint density at radius 1 is 1.40 bits per heavy atom. The average molecular weight is 351 g/mol. The zero-order valence-electron chi connectivity index (χ0n) is 11.9. The Kier molecular flexibility index (Phi) is 7.59. The lowest BCUT2D eigenvalue weighted by Crippen LogP contribution is -2.03. The van der Waals surface area contributed by atoms with E-state index in [0.29, 0.717) is 5.92 Å². The lowest BCUT2D eigenvalue weighted by molar-refractivity contribution is 0.449. The van der Waals surface area contributed by atoms with Crippen molar-refractivity contribution in [2.45, 2.75) is 46.0 Å². The van der Waals surface area contributed by atoms with Crippen LogP contribution in [0.3, 0.4) is 0 Å². The van der Waals surface area contributed by atoms with Crippen molar-refractivity contribution < 1.29 is 0 Å². The smallest absolute Gasteiger partial charge is 0.131 e. The van der Waals surface area contributed by atoms with E-state index in [0.717, 1.165) is 15.1 Å². The van der Waals surface area contributed by atoms with Gasteiger partial charge in [-0.15, -0.1) is 11.3 Å². The van der Waals surface area contributed by atoms with E-state index >= 15 is 0 Å². The Balaban J connectivity index is 2.93. The molecule has 0 aliphatic rings. The molecule has 1 heterocycles. The monoisotopic (exact) mass is 350 g/mol. The van der Waals surface area contributed by atoms with Crippen molar-refractivity contribution in [2.75, 3.05) is 0 Å². The van der Waals surface area contributed by atoms with E-state index in [1.54, 1.807) is 17.4 Å².